The lowest BCUT2D eigenvalue weighted by Crippen LogP contribution is -2.44. The van der Waals surface area contributed by atoms with Crippen molar-refractivity contribution in [2.45, 2.75) is 58.5 Å². The number of nitrogens with one attached hydrogen (secondary N) is 1. The van der Waals surface area contributed by atoms with Gasteiger partial charge >= 0.3 is 6.03 Å². The molecule has 0 unspecified atom stereocenters. The number of amides is 3. The van der Waals surface area contributed by atoms with Crippen molar-refractivity contribution >= 4 is 17.7 Å². The summed E-state index contributed by atoms with van der Waals surface area (Å²) in [5.74, 6) is -0.422. The van der Waals surface area contributed by atoms with E-state index in [0.29, 0.717) is 18.4 Å². The van der Waals surface area contributed by atoms with Crippen LogP contribution in [0.1, 0.15) is 54.4 Å². The highest BCUT2D eigenvalue weighted by Gasteiger charge is 2.52. The summed E-state index contributed by atoms with van der Waals surface area (Å²) in [6, 6.07) is 1.40. The molecule has 0 aromatic carbocycles. The first-order valence-electron chi connectivity index (χ1n) is 8.23. The van der Waals surface area contributed by atoms with E-state index in [2.05, 4.69) is 9.88 Å². The minimum atomic E-state index is -0.752. The van der Waals surface area contributed by atoms with Gasteiger partial charge in [0, 0.05) is 23.5 Å². The molecule has 124 valence electrons. The molecule has 1 N–H and O–H groups in total. The molecule has 0 bridgehead atoms. The SMILES string of the molecule is CCn1c(C)cc(C(=O)CN2C(=O)NC3(CCCC3)C2=O)c1C. The summed E-state index contributed by atoms with van der Waals surface area (Å²) < 4.78 is 2.05. The molecule has 1 aliphatic carbocycles. The molecule has 6 nitrogen and oxygen atoms in total. The van der Waals surface area contributed by atoms with Gasteiger partial charge in [-0.2, -0.15) is 0 Å². The van der Waals surface area contributed by atoms with E-state index >= 15 is 0 Å². The van der Waals surface area contributed by atoms with Crippen LogP contribution in [-0.4, -0.2) is 39.3 Å². The smallest absolute Gasteiger partial charge is 0.325 e. The molecule has 2 heterocycles. The number of hydrogen-bond acceptors (Lipinski definition) is 3. The molecular formula is C17H23N3O3. The molecule has 0 radical (unpaired) electrons. The molecule has 6 heteroatoms. The minimum Gasteiger partial charge on any atom is -0.349 e. The Bertz CT molecular complexity index is 684. The molecule has 2 aliphatic rings. The Hall–Kier alpha value is -2.11. The quantitative estimate of drug-likeness (QED) is 0.683. The summed E-state index contributed by atoms with van der Waals surface area (Å²) in [6.07, 6.45) is 3.22. The number of imide groups is 1. The molecule has 1 aromatic rings. The van der Waals surface area contributed by atoms with Crippen LogP contribution in [0.25, 0.3) is 0 Å². The fourth-order valence-electron chi connectivity index (χ4n) is 3.94. The monoisotopic (exact) mass is 317 g/mol. The summed E-state index contributed by atoms with van der Waals surface area (Å²) in [5, 5.41) is 2.81. The molecule has 1 aromatic heterocycles. The van der Waals surface area contributed by atoms with Gasteiger partial charge in [0.25, 0.3) is 5.91 Å². The molecule has 3 amide bonds. The van der Waals surface area contributed by atoms with Gasteiger partial charge in [-0.25, -0.2) is 4.79 Å². The highest BCUT2D eigenvalue weighted by molar-refractivity contribution is 6.11. The Kier molecular flexibility index (Phi) is 3.78. The largest absolute Gasteiger partial charge is 0.349 e. The second-order valence-corrected chi connectivity index (χ2v) is 6.56. The predicted octanol–water partition coefficient (Wildman–Crippen LogP) is 2.17. The average molecular weight is 317 g/mol. The summed E-state index contributed by atoms with van der Waals surface area (Å²) in [4.78, 5) is 38.5. The molecule has 0 atom stereocenters. The summed E-state index contributed by atoms with van der Waals surface area (Å²) in [6.45, 7) is 6.48. The lowest BCUT2D eigenvalue weighted by molar-refractivity contribution is -0.130. The highest BCUT2D eigenvalue weighted by Crippen LogP contribution is 2.35. The van der Waals surface area contributed by atoms with Crippen molar-refractivity contribution in [2.24, 2.45) is 0 Å². The number of aromatic nitrogens is 1. The Morgan fingerprint density at radius 1 is 1.26 bits per heavy atom. The van der Waals surface area contributed by atoms with Gasteiger partial charge in [-0.05, 0) is 39.7 Å². The van der Waals surface area contributed by atoms with Gasteiger partial charge in [0.2, 0.25) is 0 Å². The topological polar surface area (TPSA) is 71.4 Å². The summed E-state index contributed by atoms with van der Waals surface area (Å²) in [7, 11) is 0. The number of rotatable bonds is 4. The second-order valence-electron chi connectivity index (χ2n) is 6.56. The Morgan fingerprint density at radius 2 is 1.91 bits per heavy atom. The summed E-state index contributed by atoms with van der Waals surface area (Å²) in [5.41, 5.74) is 1.74. The Labute approximate surface area is 135 Å². The molecule has 1 aliphatic heterocycles. The molecular weight excluding hydrogens is 294 g/mol. The van der Waals surface area contributed by atoms with Crippen molar-refractivity contribution in [3.8, 4) is 0 Å². The van der Waals surface area contributed by atoms with Crippen LogP contribution in [0.5, 0.6) is 0 Å². The number of hydrogen-bond donors (Lipinski definition) is 1. The molecule has 23 heavy (non-hydrogen) atoms. The van der Waals surface area contributed by atoms with Crippen LogP contribution < -0.4 is 5.32 Å². The van der Waals surface area contributed by atoms with Gasteiger partial charge in [-0.1, -0.05) is 12.8 Å². The molecule has 1 saturated carbocycles. The first-order chi connectivity index (χ1) is 10.9. The van der Waals surface area contributed by atoms with Crippen LogP contribution >= 0.6 is 0 Å². The standard InChI is InChI=1S/C17H23N3O3/c1-4-19-11(2)9-13(12(19)3)14(21)10-20-15(22)17(18-16(20)23)7-5-6-8-17/h9H,4-8,10H2,1-3H3,(H,18,23). The van der Waals surface area contributed by atoms with E-state index < -0.39 is 11.6 Å². The lowest BCUT2D eigenvalue weighted by Gasteiger charge is -2.19. The number of Topliss-reactive ketones (excluding diaryl/α,β-unsaturated/α-hetero) is 1. The fourth-order valence-corrected chi connectivity index (χ4v) is 3.94. The number of carbonyl (C=O) groups is 3. The Morgan fingerprint density at radius 3 is 2.48 bits per heavy atom. The van der Waals surface area contributed by atoms with E-state index in [0.717, 1.165) is 35.7 Å². The fraction of sp³-hybridized carbons (Fsp3) is 0.588. The third-order valence-electron chi connectivity index (χ3n) is 5.20. The number of nitrogens with zero attached hydrogens (tertiary/aromatic N) is 2. The van der Waals surface area contributed by atoms with Crippen LogP contribution in [0.3, 0.4) is 0 Å². The van der Waals surface area contributed by atoms with E-state index in [4.69, 9.17) is 0 Å². The highest BCUT2D eigenvalue weighted by atomic mass is 16.2. The molecule has 2 fully saturated rings. The molecule has 1 spiro atoms. The number of ketones is 1. The van der Waals surface area contributed by atoms with Gasteiger partial charge in [0.1, 0.15) is 5.54 Å². The Balaban J connectivity index is 1.81. The zero-order chi connectivity index (χ0) is 16.8. The second kappa shape index (κ2) is 5.51. The van der Waals surface area contributed by atoms with E-state index in [9.17, 15) is 14.4 Å². The maximum absolute atomic E-state index is 12.6. The van der Waals surface area contributed by atoms with Crippen molar-refractivity contribution < 1.29 is 14.4 Å². The van der Waals surface area contributed by atoms with E-state index in [1.165, 1.54) is 0 Å². The van der Waals surface area contributed by atoms with Crippen LogP contribution in [0.2, 0.25) is 0 Å². The van der Waals surface area contributed by atoms with Crippen LogP contribution in [-0.2, 0) is 11.3 Å². The van der Waals surface area contributed by atoms with E-state index in [1.54, 1.807) is 0 Å². The lowest BCUT2D eigenvalue weighted by atomic mass is 9.98. The first-order valence-corrected chi connectivity index (χ1v) is 8.23. The summed E-state index contributed by atoms with van der Waals surface area (Å²) >= 11 is 0. The zero-order valence-electron chi connectivity index (χ0n) is 13.9. The van der Waals surface area contributed by atoms with Gasteiger partial charge in [-0.15, -0.1) is 0 Å². The number of urea groups is 1. The van der Waals surface area contributed by atoms with Crippen molar-refractivity contribution in [2.75, 3.05) is 6.54 Å². The van der Waals surface area contributed by atoms with Gasteiger partial charge < -0.3 is 9.88 Å². The van der Waals surface area contributed by atoms with Crippen molar-refractivity contribution in [3.63, 3.8) is 0 Å². The van der Waals surface area contributed by atoms with E-state index in [-0.39, 0.29) is 18.2 Å². The van der Waals surface area contributed by atoms with Crippen molar-refractivity contribution in [3.05, 3.63) is 23.0 Å². The predicted molar refractivity (Wildman–Crippen MR) is 85.4 cm³/mol. The van der Waals surface area contributed by atoms with Crippen molar-refractivity contribution in [1.82, 2.24) is 14.8 Å². The van der Waals surface area contributed by atoms with Gasteiger partial charge in [0.15, 0.2) is 5.78 Å². The zero-order valence-corrected chi connectivity index (χ0v) is 13.9. The maximum atomic E-state index is 12.6. The normalized spacial score (nSPS) is 19.7. The number of carbonyl (C=O) groups excluding carboxylic acids is 3. The van der Waals surface area contributed by atoms with Crippen LogP contribution in [0.4, 0.5) is 4.79 Å². The van der Waals surface area contributed by atoms with Crippen LogP contribution in [0.15, 0.2) is 6.07 Å². The third-order valence-corrected chi connectivity index (χ3v) is 5.20. The average Bonchev–Trinajstić information content (AvgIpc) is 3.14. The van der Waals surface area contributed by atoms with Gasteiger partial charge in [-0.3, -0.25) is 14.5 Å². The third kappa shape index (κ3) is 2.36. The molecule has 3 rings (SSSR count). The number of aryl methyl sites for hydroxylation is 1. The maximum Gasteiger partial charge on any atom is 0.325 e. The van der Waals surface area contributed by atoms with E-state index in [1.807, 2.05) is 26.8 Å². The first kappa shape index (κ1) is 15.8. The minimum absolute atomic E-state index is 0.180. The molecule has 1 saturated heterocycles. The van der Waals surface area contributed by atoms with Crippen LogP contribution in [0, 0.1) is 13.8 Å². The van der Waals surface area contributed by atoms with Gasteiger partial charge in [0.05, 0.1) is 6.54 Å². The van der Waals surface area contributed by atoms with Crippen molar-refractivity contribution in [1.29, 1.82) is 0 Å².